The van der Waals surface area contributed by atoms with Crippen LogP contribution in [0.25, 0.3) is 11.1 Å². The average molecular weight is 237 g/mol. The van der Waals surface area contributed by atoms with Crippen LogP contribution in [-0.2, 0) is 0 Å². The molecule has 1 aromatic carbocycles. The molecule has 1 N–H and O–H groups in total. The van der Waals surface area contributed by atoms with Crippen LogP contribution in [0.2, 0.25) is 0 Å². The fourth-order valence-electron chi connectivity index (χ4n) is 1.42. The zero-order valence-corrected chi connectivity index (χ0v) is 8.95. The molecule has 0 spiro atoms. The van der Waals surface area contributed by atoms with E-state index in [-0.39, 0.29) is 5.56 Å². The van der Waals surface area contributed by atoms with Crippen molar-refractivity contribution in [1.82, 2.24) is 4.98 Å². The van der Waals surface area contributed by atoms with Crippen LogP contribution in [-0.4, -0.2) is 17.2 Å². The van der Waals surface area contributed by atoms with Crippen molar-refractivity contribution in [3.63, 3.8) is 0 Å². The highest BCUT2D eigenvalue weighted by molar-refractivity contribution is 5.64. The van der Waals surface area contributed by atoms with Crippen LogP contribution in [0.3, 0.4) is 0 Å². The first kappa shape index (κ1) is 11.3. The van der Waals surface area contributed by atoms with Gasteiger partial charge in [-0.3, -0.25) is 0 Å². The zero-order chi connectivity index (χ0) is 12.4. The number of ether oxygens (including phenoxy) is 1. The number of methoxy groups -OCH3 is 1. The van der Waals surface area contributed by atoms with Crippen LogP contribution in [0.15, 0.2) is 30.5 Å². The quantitative estimate of drug-likeness (QED) is 0.873. The van der Waals surface area contributed by atoms with Crippen molar-refractivity contribution in [2.75, 3.05) is 7.11 Å². The summed E-state index contributed by atoms with van der Waals surface area (Å²) in [6.07, 6.45) is 1.37. The van der Waals surface area contributed by atoms with Crippen molar-refractivity contribution in [2.45, 2.75) is 0 Å². The summed E-state index contributed by atoms with van der Waals surface area (Å²) in [5.41, 5.74) is 0.442. The SMILES string of the molecule is COc1ccc(-c2ccc(O)c(F)c2F)cn1. The summed E-state index contributed by atoms with van der Waals surface area (Å²) in [6.45, 7) is 0. The molecule has 0 amide bonds. The zero-order valence-electron chi connectivity index (χ0n) is 8.95. The van der Waals surface area contributed by atoms with Gasteiger partial charge >= 0.3 is 0 Å². The number of hydrogen-bond acceptors (Lipinski definition) is 3. The van der Waals surface area contributed by atoms with Gasteiger partial charge in [0.2, 0.25) is 11.7 Å². The van der Waals surface area contributed by atoms with Gasteiger partial charge in [0, 0.05) is 23.4 Å². The molecule has 2 rings (SSSR count). The fraction of sp³-hybridized carbons (Fsp3) is 0.0833. The number of rotatable bonds is 2. The number of pyridine rings is 1. The van der Waals surface area contributed by atoms with E-state index in [1.165, 1.54) is 19.4 Å². The third-order valence-electron chi connectivity index (χ3n) is 2.32. The minimum atomic E-state index is -1.27. The summed E-state index contributed by atoms with van der Waals surface area (Å²) in [7, 11) is 1.46. The van der Waals surface area contributed by atoms with Gasteiger partial charge in [0.25, 0.3) is 0 Å². The smallest absolute Gasteiger partial charge is 0.212 e. The van der Waals surface area contributed by atoms with Gasteiger partial charge < -0.3 is 9.84 Å². The molecule has 3 nitrogen and oxygen atoms in total. The van der Waals surface area contributed by atoms with E-state index >= 15 is 0 Å². The number of benzene rings is 1. The molecule has 88 valence electrons. The Balaban J connectivity index is 2.49. The normalized spacial score (nSPS) is 10.3. The number of aromatic hydroxyl groups is 1. The van der Waals surface area contributed by atoms with E-state index in [1.54, 1.807) is 12.1 Å². The highest BCUT2D eigenvalue weighted by Gasteiger charge is 2.14. The Hall–Kier alpha value is -2.17. The maximum atomic E-state index is 13.5. The van der Waals surface area contributed by atoms with Crippen LogP contribution in [0.1, 0.15) is 0 Å². The van der Waals surface area contributed by atoms with Gasteiger partial charge in [0.15, 0.2) is 11.6 Å². The lowest BCUT2D eigenvalue weighted by Gasteiger charge is -2.05. The third-order valence-corrected chi connectivity index (χ3v) is 2.32. The largest absolute Gasteiger partial charge is 0.505 e. The van der Waals surface area contributed by atoms with Gasteiger partial charge in [-0.25, -0.2) is 9.37 Å². The van der Waals surface area contributed by atoms with Crippen LogP contribution >= 0.6 is 0 Å². The van der Waals surface area contributed by atoms with Crippen molar-refractivity contribution >= 4 is 0 Å². The highest BCUT2D eigenvalue weighted by atomic mass is 19.2. The molecule has 0 saturated carbocycles. The topological polar surface area (TPSA) is 42.4 Å². The lowest BCUT2D eigenvalue weighted by atomic mass is 10.1. The molecule has 0 aliphatic carbocycles. The molecule has 0 aliphatic heterocycles. The van der Waals surface area contributed by atoms with Gasteiger partial charge in [-0.1, -0.05) is 0 Å². The molecule has 0 saturated heterocycles. The van der Waals surface area contributed by atoms with Gasteiger partial charge in [-0.15, -0.1) is 0 Å². The maximum Gasteiger partial charge on any atom is 0.212 e. The standard InChI is InChI=1S/C12H9F2NO2/c1-17-10-5-2-7(6-15-10)8-3-4-9(16)12(14)11(8)13/h2-6,16H,1H3. The Bertz CT molecular complexity index is 541. The minimum Gasteiger partial charge on any atom is -0.505 e. The molecule has 0 radical (unpaired) electrons. The Morgan fingerprint density at radius 1 is 1.12 bits per heavy atom. The summed E-state index contributed by atoms with van der Waals surface area (Å²) in [4.78, 5) is 3.89. The lowest BCUT2D eigenvalue weighted by Crippen LogP contribution is -1.92. The molecule has 5 heteroatoms. The van der Waals surface area contributed by atoms with Crippen LogP contribution in [0.5, 0.6) is 11.6 Å². The van der Waals surface area contributed by atoms with Crippen LogP contribution in [0.4, 0.5) is 8.78 Å². The Morgan fingerprint density at radius 3 is 2.47 bits per heavy atom. The van der Waals surface area contributed by atoms with Crippen LogP contribution in [0, 0.1) is 11.6 Å². The first-order valence-corrected chi connectivity index (χ1v) is 4.81. The fourth-order valence-corrected chi connectivity index (χ4v) is 1.42. The molecule has 0 atom stereocenters. The third kappa shape index (κ3) is 2.04. The molecule has 0 fully saturated rings. The lowest BCUT2D eigenvalue weighted by molar-refractivity contribution is 0.398. The molecule has 1 heterocycles. The van der Waals surface area contributed by atoms with E-state index in [0.29, 0.717) is 11.4 Å². The van der Waals surface area contributed by atoms with E-state index < -0.39 is 17.4 Å². The van der Waals surface area contributed by atoms with Crippen molar-refractivity contribution in [3.05, 3.63) is 42.1 Å². The molecule has 17 heavy (non-hydrogen) atoms. The molecule has 2 aromatic rings. The number of halogens is 2. The Morgan fingerprint density at radius 2 is 1.88 bits per heavy atom. The summed E-state index contributed by atoms with van der Waals surface area (Å²) in [5.74, 6) is -2.70. The second-order valence-electron chi connectivity index (χ2n) is 3.35. The summed E-state index contributed by atoms with van der Waals surface area (Å²) in [5, 5.41) is 9.00. The van der Waals surface area contributed by atoms with Crippen molar-refractivity contribution in [3.8, 4) is 22.8 Å². The van der Waals surface area contributed by atoms with Gasteiger partial charge in [0.1, 0.15) is 0 Å². The predicted molar refractivity (Wildman–Crippen MR) is 57.8 cm³/mol. The molecule has 0 unspecified atom stereocenters. The number of aromatic nitrogens is 1. The summed E-state index contributed by atoms with van der Waals surface area (Å²) in [6, 6.07) is 5.48. The molecular formula is C12H9F2NO2. The second-order valence-corrected chi connectivity index (χ2v) is 3.35. The Kier molecular flexibility index (Phi) is 2.91. The van der Waals surface area contributed by atoms with Crippen molar-refractivity contribution in [1.29, 1.82) is 0 Å². The number of phenolic OH excluding ortho intramolecular Hbond substituents is 1. The van der Waals surface area contributed by atoms with E-state index in [9.17, 15) is 8.78 Å². The predicted octanol–water partition coefficient (Wildman–Crippen LogP) is 2.74. The number of nitrogens with zero attached hydrogens (tertiary/aromatic N) is 1. The van der Waals surface area contributed by atoms with Crippen molar-refractivity contribution in [2.24, 2.45) is 0 Å². The van der Waals surface area contributed by atoms with E-state index in [2.05, 4.69) is 4.98 Å². The van der Waals surface area contributed by atoms with Crippen molar-refractivity contribution < 1.29 is 18.6 Å². The summed E-state index contributed by atoms with van der Waals surface area (Å²) >= 11 is 0. The number of phenols is 1. The molecule has 1 aromatic heterocycles. The Labute approximate surface area is 96.3 Å². The molecular weight excluding hydrogens is 228 g/mol. The monoisotopic (exact) mass is 237 g/mol. The van der Waals surface area contributed by atoms with E-state index in [1.807, 2.05) is 0 Å². The van der Waals surface area contributed by atoms with Crippen LogP contribution < -0.4 is 4.74 Å². The first-order valence-electron chi connectivity index (χ1n) is 4.81. The van der Waals surface area contributed by atoms with E-state index in [4.69, 9.17) is 9.84 Å². The van der Waals surface area contributed by atoms with E-state index in [0.717, 1.165) is 6.07 Å². The molecule has 0 bridgehead atoms. The number of hydrogen-bond donors (Lipinski definition) is 1. The highest BCUT2D eigenvalue weighted by Crippen LogP contribution is 2.29. The summed E-state index contributed by atoms with van der Waals surface area (Å²) < 4.78 is 31.5. The second kappa shape index (κ2) is 4.37. The minimum absolute atomic E-state index is 0.0375. The van der Waals surface area contributed by atoms with Gasteiger partial charge in [0.05, 0.1) is 7.11 Å². The maximum absolute atomic E-state index is 13.5. The van der Waals surface area contributed by atoms with Gasteiger partial charge in [-0.2, -0.15) is 4.39 Å². The first-order chi connectivity index (χ1) is 8.13. The molecule has 0 aliphatic rings. The average Bonchev–Trinajstić information content (AvgIpc) is 2.36. The van der Waals surface area contributed by atoms with Gasteiger partial charge in [-0.05, 0) is 18.2 Å².